The van der Waals surface area contributed by atoms with Gasteiger partial charge in [-0.1, -0.05) is 6.92 Å². The number of amides is 1. The van der Waals surface area contributed by atoms with E-state index in [4.69, 9.17) is 0 Å². The molecule has 0 aromatic rings. The highest BCUT2D eigenvalue weighted by molar-refractivity contribution is 5.76. The fourth-order valence-electron chi connectivity index (χ4n) is 1.28. The van der Waals surface area contributed by atoms with E-state index in [0.29, 0.717) is 12.5 Å². The van der Waals surface area contributed by atoms with Crippen molar-refractivity contribution >= 4 is 5.91 Å². The zero-order valence-electron chi connectivity index (χ0n) is 9.31. The van der Waals surface area contributed by atoms with E-state index < -0.39 is 0 Å². The number of rotatable bonds is 7. The van der Waals surface area contributed by atoms with Crippen LogP contribution in [-0.4, -0.2) is 25.0 Å². The molecule has 1 fully saturated rings. The van der Waals surface area contributed by atoms with Crippen molar-refractivity contribution in [1.29, 1.82) is 0 Å². The maximum atomic E-state index is 11.3. The summed E-state index contributed by atoms with van der Waals surface area (Å²) in [6.45, 7) is 6.03. The highest BCUT2D eigenvalue weighted by Gasteiger charge is 2.20. The Morgan fingerprint density at radius 1 is 1.50 bits per heavy atom. The molecule has 2 N–H and O–H groups in total. The van der Waals surface area contributed by atoms with Crippen molar-refractivity contribution in [2.45, 2.75) is 45.6 Å². The summed E-state index contributed by atoms with van der Waals surface area (Å²) >= 11 is 0. The van der Waals surface area contributed by atoms with Crippen LogP contribution in [0.3, 0.4) is 0 Å². The molecule has 1 aliphatic carbocycles. The Balaban J connectivity index is 1.91. The third kappa shape index (κ3) is 5.22. The van der Waals surface area contributed by atoms with Crippen molar-refractivity contribution < 1.29 is 4.79 Å². The van der Waals surface area contributed by atoms with Gasteiger partial charge in [-0.05, 0) is 38.6 Å². The lowest BCUT2D eigenvalue weighted by atomic mass is 10.2. The minimum absolute atomic E-state index is 0.169. The lowest BCUT2D eigenvalue weighted by Gasteiger charge is -2.11. The van der Waals surface area contributed by atoms with Gasteiger partial charge in [0, 0.05) is 19.0 Å². The quantitative estimate of drug-likeness (QED) is 0.605. The molecule has 1 aliphatic rings. The van der Waals surface area contributed by atoms with Crippen LogP contribution in [0.2, 0.25) is 0 Å². The minimum atomic E-state index is 0.169. The van der Waals surface area contributed by atoms with Crippen LogP contribution >= 0.6 is 0 Å². The van der Waals surface area contributed by atoms with Crippen molar-refractivity contribution in [2.24, 2.45) is 5.92 Å². The lowest BCUT2D eigenvalue weighted by molar-refractivity contribution is -0.121. The summed E-state index contributed by atoms with van der Waals surface area (Å²) in [5.41, 5.74) is 0. The van der Waals surface area contributed by atoms with Gasteiger partial charge in [-0.25, -0.2) is 0 Å². The molecule has 0 spiro atoms. The monoisotopic (exact) mass is 198 g/mol. The molecule has 14 heavy (non-hydrogen) atoms. The van der Waals surface area contributed by atoms with E-state index in [0.717, 1.165) is 25.4 Å². The Morgan fingerprint density at radius 3 is 2.79 bits per heavy atom. The molecule has 0 aromatic heterocycles. The number of carbonyl (C=O) groups excluding carboxylic acids is 1. The van der Waals surface area contributed by atoms with Gasteiger partial charge >= 0.3 is 0 Å². The third-order valence-corrected chi connectivity index (χ3v) is 2.68. The summed E-state index contributed by atoms with van der Waals surface area (Å²) in [6, 6.07) is 0.311. The zero-order valence-corrected chi connectivity index (χ0v) is 9.31. The predicted molar refractivity (Wildman–Crippen MR) is 58.1 cm³/mol. The van der Waals surface area contributed by atoms with Gasteiger partial charge in [-0.15, -0.1) is 0 Å². The fourth-order valence-corrected chi connectivity index (χ4v) is 1.28. The minimum Gasteiger partial charge on any atom is -0.354 e. The molecule has 0 saturated heterocycles. The molecule has 0 heterocycles. The highest BCUT2D eigenvalue weighted by atomic mass is 16.1. The van der Waals surface area contributed by atoms with Gasteiger partial charge in [0.1, 0.15) is 0 Å². The first-order valence-corrected chi connectivity index (χ1v) is 5.72. The van der Waals surface area contributed by atoms with Crippen LogP contribution in [0.25, 0.3) is 0 Å². The SMILES string of the molecule is CCC(C)NC(=O)CCNCC1CC1. The Hall–Kier alpha value is -0.570. The van der Waals surface area contributed by atoms with Gasteiger partial charge in [0.15, 0.2) is 0 Å². The Bertz CT molecular complexity index is 178. The van der Waals surface area contributed by atoms with Crippen molar-refractivity contribution in [3.8, 4) is 0 Å². The normalized spacial score (nSPS) is 17.9. The van der Waals surface area contributed by atoms with Crippen LogP contribution in [0.15, 0.2) is 0 Å². The van der Waals surface area contributed by atoms with Crippen LogP contribution in [0.1, 0.15) is 39.5 Å². The van der Waals surface area contributed by atoms with E-state index in [2.05, 4.69) is 17.6 Å². The molecule has 0 aliphatic heterocycles. The largest absolute Gasteiger partial charge is 0.354 e. The van der Waals surface area contributed by atoms with Crippen LogP contribution < -0.4 is 10.6 Å². The first-order valence-electron chi connectivity index (χ1n) is 5.72. The van der Waals surface area contributed by atoms with Crippen molar-refractivity contribution in [1.82, 2.24) is 10.6 Å². The number of nitrogens with one attached hydrogen (secondary N) is 2. The Morgan fingerprint density at radius 2 is 2.21 bits per heavy atom. The molecule has 0 radical (unpaired) electrons. The molecule has 1 rings (SSSR count). The van der Waals surface area contributed by atoms with Crippen LogP contribution in [0.5, 0.6) is 0 Å². The summed E-state index contributed by atoms with van der Waals surface area (Å²) in [5.74, 6) is 1.07. The smallest absolute Gasteiger partial charge is 0.221 e. The van der Waals surface area contributed by atoms with E-state index in [1.807, 2.05) is 6.92 Å². The van der Waals surface area contributed by atoms with Gasteiger partial charge in [0.2, 0.25) is 5.91 Å². The van der Waals surface area contributed by atoms with E-state index >= 15 is 0 Å². The molecule has 1 amide bonds. The number of hydrogen-bond donors (Lipinski definition) is 2. The maximum absolute atomic E-state index is 11.3. The molecular weight excluding hydrogens is 176 g/mol. The summed E-state index contributed by atoms with van der Waals surface area (Å²) in [7, 11) is 0. The predicted octanol–water partition coefficient (Wildman–Crippen LogP) is 1.29. The summed E-state index contributed by atoms with van der Waals surface area (Å²) < 4.78 is 0. The Labute approximate surface area is 86.6 Å². The second-order valence-corrected chi connectivity index (χ2v) is 4.27. The first-order chi connectivity index (χ1) is 6.72. The molecule has 1 saturated carbocycles. The summed E-state index contributed by atoms with van der Waals surface area (Å²) in [5, 5.41) is 6.26. The molecule has 1 unspecified atom stereocenters. The lowest BCUT2D eigenvalue weighted by Crippen LogP contribution is -2.34. The summed E-state index contributed by atoms with van der Waals surface area (Å²) in [4.78, 5) is 11.3. The van der Waals surface area contributed by atoms with E-state index in [9.17, 15) is 4.79 Å². The number of carbonyl (C=O) groups is 1. The van der Waals surface area contributed by atoms with Crippen molar-refractivity contribution in [3.63, 3.8) is 0 Å². The van der Waals surface area contributed by atoms with Gasteiger partial charge in [-0.3, -0.25) is 4.79 Å². The van der Waals surface area contributed by atoms with E-state index in [1.165, 1.54) is 12.8 Å². The number of hydrogen-bond acceptors (Lipinski definition) is 2. The second-order valence-electron chi connectivity index (χ2n) is 4.27. The molecule has 82 valence electrons. The molecular formula is C11H22N2O. The average Bonchev–Trinajstić information content (AvgIpc) is 2.96. The summed E-state index contributed by atoms with van der Waals surface area (Å²) in [6.07, 6.45) is 4.34. The zero-order chi connectivity index (χ0) is 10.4. The van der Waals surface area contributed by atoms with Crippen LogP contribution in [0, 0.1) is 5.92 Å². The van der Waals surface area contributed by atoms with Crippen molar-refractivity contribution in [3.05, 3.63) is 0 Å². The average molecular weight is 198 g/mol. The van der Waals surface area contributed by atoms with Gasteiger partial charge < -0.3 is 10.6 Å². The van der Waals surface area contributed by atoms with Crippen LogP contribution in [-0.2, 0) is 4.79 Å². The molecule has 0 bridgehead atoms. The third-order valence-electron chi connectivity index (χ3n) is 2.68. The fraction of sp³-hybridized carbons (Fsp3) is 0.909. The highest BCUT2D eigenvalue weighted by Crippen LogP contribution is 2.27. The molecule has 1 atom stereocenters. The molecule has 3 heteroatoms. The van der Waals surface area contributed by atoms with Gasteiger partial charge in [0.05, 0.1) is 0 Å². The van der Waals surface area contributed by atoms with Gasteiger partial charge in [0.25, 0.3) is 0 Å². The first kappa shape index (κ1) is 11.5. The van der Waals surface area contributed by atoms with Crippen molar-refractivity contribution in [2.75, 3.05) is 13.1 Å². The standard InChI is InChI=1S/C11H22N2O/c1-3-9(2)13-11(14)6-7-12-8-10-4-5-10/h9-10,12H,3-8H2,1-2H3,(H,13,14). The molecule has 3 nitrogen and oxygen atoms in total. The molecule has 0 aromatic carbocycles. The topological polar surface area (TPSA) is 41.1 Å². The van der Waals surface area contributed by atoms with E-state index in [1.54, 1.807) is 0 Å². The van der Waals surface area contributed by atoms with Gasteiger partial charge in [-0.2, -0.15) is 0 Å². The Kier molecular flexibility index (Phi) is 4.94. The van der Waals surface area contributed by atoms with Crippen LogP contribution in [0.4, 0.5) is 0 Å². The van der Waals surface area contributed by atoms with E-state index in [-0.39, 0.29) is 5.91 Å². The maximum Gasteiger partial charge on any atom is 0.221 e. The second kappa shape index (κ2) is 6.02.